The van der Waals surface area contributed by atoms with Gasteiger partial charge >= 0.3 is 0 Å². The van der Waals surface area contributed by atoms with Gasteiger partial charge in [0, 0.05) is 6.42 Å². The summed E-state index contributed by atoms with van der Waals surface area (Å²) < 4.78 is 24.8. The largest absolute Gasteiger partial charge is 0.395 e. The Morgan fingerprint density at radius 3 is 2.50 bits per heavy atom. The van der Waals surface area contributed by atoms with Crippen LogP contribution < -0.4 is 5.84 Å². The third kappa shape index (κ3) is 1.42. The molecule has 1 atom stereocenters. The number of halogens is 2. The van der Waals surface area contributed by atoms with Crippen molar-refractivity contribution in [3.63, 3.8) is 0 Å². The lowest BCUT2D eigenvalue weighted by molar-refractivity contribution is 0.0118. The van der Waals surface area contributed by atoms with Crippen molar-refractivity contribution in [2.45, 2.75) is 18.4 Å². The van der Waals surface area contributed by atoms with Gasteiger partial charge in [-0.2, -0.15) is 0 Å². The predicted octanol–water partition coefficient (Wildman–Crippen LogP) is -0.438. The number of nitrogens with two attached hydrogens (primary N) is 1. The summed E-state index contributed by atoms with van der Waals surface area (Å²) in [6.45, 7) is -0.746. The minimum atomic E-state index is -2.72. The van der Waals surface area contributed by atoms with Crippen molar-refractivity contribution in [3.8, 4) is 0 Å². The molecule has 0 radical (unpaired) electrons. The van der Waals surface area contributed by atoms with E-state index in [0.717, 1.165) is 5.01 Å². The van der Waals surface area contributed by atoms with Gasteiger partial charge in [0.25, 0.3) is 5.92 Å². The highest BCUT2D eigenvalue weighted by Gasteiger charge is 2.43. The Morgan fingerprint density at radius 1 is 1.70 bits per heavy atom. The summed E-state index contributed by atoms with van der Waals surface area (Å²) in [7, 11) is 0. The number of aliphatic hydroxyl groups is 1. The fourth-order valence-corrected chi connectivity index (χ4v) is 1.09. The van der Waals surface area contributed by atoms with E-state index >= 15 is 0 Å². The normalized spacial score (nSPS) is 33.0. The summed E-state index contributed by atoms with van der Waals surface area (Å²) in [5, 5.41) is 9.50. The van der Waals surface area contributed by atoms with E-state index in [2.05, 4.69) is 0 Å². The third-order valence-corrected chi connectivity index (χ3v) is 1.63. The molecule has 3 N–H and O–H groups in total. The van der Waals surface area contributed by atoms with Gasteiger partial charge in [-0.05, 0) is 0 Å². The van der Waals surface area contributed by atoms with Crippen molar-refractivity contribution in [2.24, 2.45) is 5.84 Å². The maximum absolute atomic E-state index is 12.4. The molecule has 0 amide bonds. The predicted molar refractivity (Wildman–Crippen MR) is 31.3 cm³/mol. The molecule has 1 aliphatic heterocycles. The number of rotatable bonds is 1. The maximum atomic E-state index is 12.4. The zero-order valence-electron chi connectivity index (χ0n) is 5.43. The number of alkyl halides is 2. The van der Waals surface area contributed by atoms with E-state index in [4.69, 9.17) is 10.9 Å². The van der Waals surface area contributed by atoms with Crippen molar-refractivity contribution >= 4 is 0 Å². The van der Waals surface area contributed by atoms with E-state index in [1.54, 1.807) is 0 Å². The molecule has 3 nitrogen and oxygen atoms in total. The molecular weight excluding hydrogens is 142 g/mol. The second kappa shape index (κ2) is 2.41. The molecule has 0 aromatic carbocycles. The summed E-state index contributed by atoms with van der Waals surface area (Å²) in [5.74, 6) is 2.44. The molecule has 5 heteroatoms. The molecule has 1 saturated heterocycles. The van der Waals surface area contributed by atoms with Gasteiger partial charge in [-0.15, -0.1) is 0 Å². The van der Waals surface area contributed by atoms with Gasteiger partial charge in [-0.25, -0.2) is 13.8 Å². The molecular formula is C5H10F2N2O. The maximum Gasteiger partial charge on any atom is 0.263 e. The molecule has 0 spiro atoms. The van der Waals surface area contributed by atoms with E-state index in [1.807, 2.05) is 0 Å². The average Bonchev–Trinajstić information content (AvgIpc) is 2.05. The number of hydrogen-bond acceptors (Lipinski definition) is 3. The van der Waals surface area contributed by atoms with Crippen LogP contribution in [-0.4, -0.2) is 35.2 Å². The van der Waals surface area contributed by atoms with E-state index < -0.39 is 18.5 Å². The van der Waals surface area contributed by atoms with Gasteiger partial charge in [0.1, 0.15) is 0 Å². The first-order valence-corrected chi connectivity index (χ1v) is 3.05. The van der Waals surface area contributed by atoms with Gasteiger partial charge < -0.3 is 5.11 Å². The lowest BCUT2D eigenvalue weighted by atomic mass is 10.2. The second-order valence-electron chi connectivity index (χ2n) is 2.57. The number of hydrogen-bond donors (Lipinski definition) is 2. The average molecular weight is 152 g/mol. The van der Waals surface area contributed by atoms with E-state index in [-0.39, 0.29) is 13.0 Å². The van der Waals surface area contributed by atoms with E-state index in [9.17, 15) is 8.78 Å². The monoisotopic (exact) mass is 152 g/mol. The molecule has 0 aromatic heterocycles. The van der Waals surface area contributed by atoms with Gasteiger partial charge in [0.2, 0.25) is 0 Å². The minimum absolute atomic E-state index is 0.300. The van der Waals surface area contributed by atoms with Crippen LogP contribution in [0.5, 0.6) is 0 Å². The first-order chi connectivity index (χ1) is 4.55. The number of nitrogens with zero attached hydrogens (tertiary/aromatic N) is 1. The summed E-state index contributed by atoms with van der Waals surface area (Å²) in [4.78, 5) is 0. The first-order valence-electron chi connectivity index (χ1n) is 3.05. The highest BCUT2D eigenvalue weighted by molar-refractivity contribution is 4.86. The fourth-order valence-electron chi connectivity index (χ4n) is 1.09. The third-order valence-electron chi connectivity index (χ3n) is 1.63. The number of hydrazine groups is 1. The minimum Gasteiger partial charge on any atom is -0.395 e. The molecule has 10 heavy (non-hydrogen) atoms. The van der Waals surface area contributed by atoms with E-state index in [1.165, 1.54) is 0 Å². The summed E-state index contributed by atoms with van der Waals surface area (Å²) in [5.41, 5.74) is 0. The zero-order valence-corrected chi connectivity index (χ0v) is 5.43. The Morgan fingerprint density at radius 2 is 2.30 bits per heavy atom. The van der Waals surface area contributed by atoms with Crippen LogP contribution in [0.2, 0.25) is 0 Å². The molecule has 0 aromatic rings. The molecule has 0 aliphatic carbocycles. The number of aliphatic hydroxyl groups excluding tert-OH is 1. The zero-order chi connectivity index (χ0) is 7.78. The molecule has 0 unspecified atom stereocenters. The van der Waals surface area contributed by atoms with Crippen LogP contribution in [-0.2, 0) is 0 Å². The van der Waals surface area contributed by atoms with Crippen molar-refractivity contribution < 1.29 is 13.9 Å². The Kier molecular flexibility index (Phi) is 1.89. The lowest BCUT2D eigenvalue weighted by Gasteiger charge is -2.13. The molecule has 0 saturated carbocycles. The fraction of sp³-hybridized carbons (Fsp3) is 1.00. The summed E-state index contributed by atoms with van der Waals surface area (Å²) >= 11 is 0. The Hall–Kier alpha value is -0.260. The van der Waals surface area contributed by atoms with Crippen LogP contribution >= 0.6 is 0 Å². The summed E-state index contributed by atoms with van der Waals surface area (Å²) in [6.07, 6.45) is -0.333. The van der Waals surface area contributed by atoms with Crippen LogP contribution in [0.25, 0.3) is 0 Å². The van der Waals surface area contributed by atoms with Crippen molar-refractivity contribution in [2.75, 3.05) is 13.2 Å². The Bertz CT molecular complexity index is 131. The van der Waals surface area contributed by atoms with Crippen LogP contribution in [0.4, 0.5) is 8.78 Å². The van der Waals surface area contributed by atoms with Gasteiger partial charge in [0.15, 0.2) is 0 Å². The Balaban J connectivity index is 2.52. The molecule has 1 aliphatic rings. The van der Waals surface area contributed by atoms with Crippen molar-refractivity contribution in [3.05, 3.63) is 0 Å². The first kappa shape index (κ1) is 7.84. The SMILES string of the molecule is NN1CC(F)(F)C[C@@H]1CO. The van der Waals surface area contributed by atoms with Gasteiger partial charge in [0.05, 0.1) is 19.2 Å². The standard InChI is InChI=1S/C5H10F2N2O/c6-5(7)1-4(2-10)9(8)3-5/h4,10H,1-3,8H2/t4-/m1/s1. The highest BCUT2D eigenvalue weighted by Crippen LogP contribution is 2.29. The van der Waals surface area contributed by atoms with Crippen molar-refractivity contribution in [1.82, 2.24) is 5.01 Å². The quantitative estimate of drug-likeness (QED) is 0.501. The van der Waals surface area contributed by atoms with Gasteiger partial charge in [-0.1, -0.05) is 0 Å². The van der Waals surface area contributed by atoms with Crippen LogP contribution in [0.1, 0.15) is 6.42 Å². The second-order valence-corrected chi connectivity index (χ2v) is 2.57. The van der Waals surface area contributed by atoms with Crippen LogP contribution in [0.3, 0.4) is 0 Å². The Labute approximate surface area is 57.4 Å². The topological polar surface area (TPSA) is 49.5 Å². The van der Waals surface area contributed by atoms with Gasteiger partial charge in [-0.3, -0.25) is 5.84 Å². The molecule has 1 rings (SSSR count). The summed E-state index contributed by atoms with van der Waals surface area (Å²) in [6, 6.07) is -0.574. The van der Waals surface area contributed by atoms with Crippen LogP contribution in [0.15, 0.2) is 0 Å². The molecule has 60 valence electrons. The highest BCUT2D eigenvalue weighted by atomic mass is 19.3. The smallest absolute Gasteiger partial charge is 0.263 e. The van der Waals surface area contributed by atoms with Crippen molar-refractivity contribution in [1.29, 1.82) is 0 Å². The van der Waals surface area contributed by atoms with E-state index in [0.29, 0.717) is 0 Å². The molecule has 1 heterocycles. The lowest BCUT2D eigenvalue weighted by Crippen LogP contribution is -2.38. The molecule has 1 fully saturated rings. The molecule has 0 bridgehead atoms. The van der Waals surface area contributed by atoms with Crippen LogP contribution in [0, 0.1) is 0 Å².